The molecule has 0 aromatic carbocycles. The molecule has 0 aliphatic heterocycles. The molecule has 0 saturated heterocycles. The normalized spacial score (nSPS) is 11.6. The Bertz CT molecular complexity index is 434. The lowest BCUT2D eigenvalue weighted by atomic mass is 10.3. The summed E-state index contributed by atoms with van der Waals surface area (Å²) in [6.07, 6.45) is -1.16. The van der Waals surface area contributed by atoms with Gasteiger partial charge in [0.1, 0.15) is 0 Å². The molecule has 0 aromatic rings. The van der Waals surface area contributed by atoms with Crippen molar-refractivity contribution in [2.24, 2.45) is 0 Å². The van der Waals surface area contributed by atoms with Gasteiger partial charge in [0.2, 0.25) is 0 Å². The van der Waals surface area contributed by atoms with Crippen LogP contribution in [-0.4, -0.2) is 62.5 Å². The first-order chi connectivity index (χ1) is 7.89. The van der Waals surface area contributed by atoms with E-state index in [0.717, 1.165) is 0 Å². The minimum atomic E-state index is -4.84. The molecule has 104 valence electrons. The summed E-state index contributed by atoms with van der Waals surface area (Å²) >= 11 is 0. The van der Waals surface area contributed by atoms with Gasteiger partial charge in [-0.15, -0.1) is 0 Å². The van der Waals surface area contributed by atoms with Crippen LogP contribution in [0.15, 0.2) is 0 Å². The SMILES string of the molecule is O=C(O)C(=O)O.O=C(O)CC(C(=O)O)S(=O)(=O)O. The number of carboxylic acid groups (broad SMARTS) is 4. The average molecular weight is 288 g/mol. The van der Waals surface area contributed by atoms with Gasteiger partial charge in [0.15, 0.2) is 5.25 Å². The molecule has 0 bridgehead atoms. The van der Waals surface area contributed by atoms with Crippen LogP contribution in [0.25, 0.3) is 0 Å². The fourth-order valence-corrected chi connectivity index (χ4v) is 1.09. The van der Waals surface area contributed by atoms with E-state index in [1.165, 1.54) is 0 Å². The average Bonchev–Trinajstić information content (AvgIpc) is 2.12. The first-order valence-electron chi connectivity index (χ1n) is 3.76. The summed E-state index contributed by atoms with van der Waals surface area (Å²) in [7, 11) is -4.84. The van der Waals surface area contributed by atoms with Crippen molar-refractivity contribution in [2.45, 2.75) is 11.7 Å². The lowest BCUT2D eigenvalue weighted by Gasteiger charge is -2.04. The summed E-state index contributed by atoms with van der Waals surface area (Å²) in [5.41, 5.74) is 0. The van der Waals surface area contributed by atoms with Crippen LogP contribution in [0.5, 0.6) is 0 Å². The predicted octanol–water partition coefficient (Wildman–Crippen LogP) is -2.04. The van der Waals surface area contributed by atoms with Gasteiger partial charge < -0.3 is 20.4 Å². The van der Waals surface area contributed by atoms with Crippen molar-refractivity contribution < 1.29 is 52.6 Å². The van der Waals surface area contributed by atoms with Crippen LogP contribution in [0.2, 0.25) is 0 Å². The lowest BCUT2D eigenvalue weighted by molar-refractivity contribution is -0.159. The molecule has 12 heteroatoms. The minimum absolute atomic E-state index is 1.16. The molecule has 0 amide bonds. The Kier molecular flexibility index (Phi) is 7.25. The second kappa shape index (κ2) is 7.18. The quantitative estimate of drug-likeness (QED) is 0.281. The summed E-state index contributed by atoms with van der Waals surface area (Å²) in [5.74, 6) is -7.15. The maximum Gasteiger partial charge on any atom is 0.414 e. The molecule has 1 atom stereocenters. The third-order valence-electron chi connectivity index (χ3n) is 1.18. The van der Waals surface area contributed by atoms with E-state index < -0.39 is 45.7 Å². The minimum Gasteiger partial charge on any atom is -0.481 e. The fraction of sp³-hybridized carbons (Fsp3) is 0.333. The molecule has 0 aromatic heterocycles. The second-order valence-corrected chi connectivity index (χ2v) is 4.15. The molecule has 0 heterocycles. The lowest BCUT2D eigenvalue weighted by Crippen LogP contribution is -2.31. The molecular weight excluding hydrogens is 280 g/mol. The first kappa shape index (κ1) is 18.2. The second-order valence-electron chi connectivity index (χ2n) is 2.55. The van der Waals surface area contributed by atoms with E-state index in [1.54, 1.807) is 0 Å². The first-order valence-corrected chi connectivity index (χ1v) is 5.27. The predicted molar refractivity (Wildman–Crippen MR) is 50.5 cm³/mol. The Morgan fingerprint density at radius 1 is 0.889 bits per heavy atom. The largest absolute Gasteiger partial charge is 0.481 e. The van der Waals surface area contributed by atoms with Gasteiger partial charge in [0.05, 0.1) is 6.42 Å². The third kappa shape index (κ3) is 9.05. The topological polar surface area (TPSA) is 204 Å². The van der Waals surface area contributed by atoms with E-state index >= 15 is 0 Å². The summed E-state index contributed by atoms with van der Waals surface area (Å²) in [4.78, 5) is 38.2. The zero-order valence-electron chi connectivity index (χ0n) is 8.38. The summed E-state index contributed by atoms with van der Waals surface area (Å²) in [6.45, 7) is 0. The van der Waals surface area contributed by atoms with Crippen molar-refractivity contribution in [2.75, 3.05) is 0 Å². The van der Waals surface area contributed by atoms with Gasteiger partial charge in [-0.25, -0.2) is 9.59 Å². The van der Waals surface area contributed by atoms with Gasteiger partial charge in [-0.1, -0.05) is 0 Å². The molecule has 1 unspecified atom stereocenters. The van der Waals surface area contributed by atoms with Crippen LogP contribution in [0.1, 0.15) is 6.42 Å². The number of aliphatic carboxylic acids is 4. The third-order valence-corrected chi connectivity index (χ3v) is 2.27. The molecule has 0 spiro atoms. The van der Waals surface area contributed by atoms with Crippen LogP contribution in [-0.2, 0) is 29.3 Å². The highest BCUT2D eigenvalue weighted by molar-refractivity contribution is 7.87. The fourth-order valence-electron chi connectivity index (χ4n) is 0.479. The van der Waals surface area contributed by atoms with Crippen molar-refractivity contribution >= 4 is 34.0 Å². The highest BCUT2D eigenvalue weighted by atomic mass is 32.2. The number of hydrogen-bond acceptors (Lipinski definition) is 6. The van der Waals surface area contributed by atoms with Crippen LogP contribution >= 0.6 is 0 Å². The summed E-state index contributed by atoms with van der Waals surface area (Å²) in [5, 5.41) is 28.7. The highest BCUT2D eigenvalue weighted by Crippen LogP contribution is 2.04. The molecule has 0 aliphatic rings. The maximum atomic E-state index is 10.2. The van der Waals surface area contributed by atoms with E-state index in [4.69, 9.17) is 34.6 Å². The van der Waals surface area contributed by atoms with Crippen LogP contribution in [0.4, 0.5) is 0 Å². The molecule has 0 fully saturated rings. The number of carboxylic acids is 4. The van der Waals surface area contributed by atoms with Crippen molar-refractivity contribution in [3.8, 4) is 0 Å². The molecule has 0 saturated carbocycles. The Labute approximate surface area is 99.0 Å². The van der Waals surface area contributed by atoms with Gasteiger partial charge >= 0.3 is 23.9 Å². The monoisotopic (exact) mass is 288 g/mol. The van der Waals surface area contributed by atoms with Crippen molar-refractivity contribution in [3.63, 3.8) is 0 Å². The molecular formula is C6H8O11S. The number of hydrogen-bond donors (Lipinski definition) is 5. The van der Waals surface area contributed by atoms with E-state index in [2.05, 4.69) is 0 Å². The van der Waals surface area contributed by atoms with Crippen molar-refractivity contribution in [1.29, 1.82) is 0 Å². The molecule has 5 N–H and O–H groups in total. The Balaban J connectivity index is 0. The van der Waals surface area contributed by atoms with Crippen LogP contribution < -0.4 is 0 Å². The van der Waals surface area contributed by atoms with E-state index in [-0.39, 0.29) is 0 Å². The van der Waals surface area contributed by atoms with Crippen LogP contribution in [0.3, 0.4) is 0 Å². The Hall–Kier alpha value is -2.21. The molecule has 0 rings (SSSR count). The van der Waals surface area contributed by atoms with Gasteiger partial charge in [-0.3, -0.25) is 14.1 Å². The zero-order valence-corrected chi connectivity index (χ0v) is 9.19. The summed E-state index contributed by atoms with van der Waals surface area (Å²) < 4.78 is 28.7. The maximum absolute atomic E-state index is 10.2. The molecule has 0 aliphatic carbocycles. The highest BCUT2D eigenvalue weighted by Gasteiger charge is 2.33. The van der Waals surface area contributed by atoms with E-state index in [1.807, 2.05) is 0 Å². The van der Waals surface area contributed by atoms with Gasteiger partial charge in [-0.2, -0.15) is 8.42 Å². The van der Waals surface area contributed by atoms with Gasteiger partial charge in [-0.05, 0) is 0 Å². The molecule has 0 radical (unpaired) electrons. The van der Waals surface area contributed by atoms with Crippen molar-refractivity contribution in [1.82, 2.24) is 0 Å². The van der Waals surface area contributed by atoms with Gasteiger partial charge in [0, 0.05) is 0 Å². The van der Waals surface area contributed by atoms with Gasteiger partial charge in [0.25, 0.3) is 10.1 Å². The number of carbonyl (C=O) groups is 4. The Morgan fingerprint density at radius 2 is 1.22 bits per heavy atom. The standard InChI is InChI=1S/C4H6O7S.C2H2O4/c5-3(6)1-2(4(7)8)12(9,10)11;3-1(4)2(5)6/h2H,1H2,(H,5,6)(H,7,8)(H,9,10,11);(H,3,4)(H,5,6). The number of rotatable bonds is 4. The zero-order chi connectivity index (χ0) is 15.1. The Morgan fingerprint density at radius 3 is 1.28 bits per heavy atom. The van der Waals surface area contributed by atoms with E-state index in [0.29, 0.717) is 0 Å². The van der Waals surface area contributed by atoms with Crippen LogP contribution in [0, 0.1) is 0 Å². The smallest absolute Gasteiger partial charge is 0.414 e. The van der Waals surface area contributed by atoms with Crippen molar-refractivity contribution in [3.05, 3.63) is 0 Å². The molecule has 18 heavy (non-hydrogen) atoms. The van der Waals surface area contributed by atoms with E-state index in [9.17, 15) is 18.0 Å². The summed E-state index contributed by atoms with van der Waals surface area (Å²) in [6, 6.07) is 0. The molecule has 11 nitrogen and oxygen atoms in total.